The molecule has 2 aromatic rings. The van der Waals surface area contributed by atoms with Crippen LogP contribution in [0.25, 0.3) is 0 Å². The molecule has 6 heteroatoms. The van der Waals surface area contributed by atoms with E-state index in [-0.39, 0.29) is 30.8 Å². The van der Waals surface area contributed by atoms with E-state index in [0.29, 0.717) is 0 Å². The van der Waals surface area contributed by atoms with Gasteiger partial charge < -0.3 is 10.2 Å². The van der Waals surface area contributed by atoms with Gasteiger partial charge in [-0.2, -0.15) is 0 Å². The molecule has 0 saturated carbocycles. The Morgan fingerprint density at radius 1 is 0.900 bits per heavy atom. The average Bonchev–Trinajstić information content (AvgIpc) is 2.46. The third kappa shape index (κ3) is 1.59. The molecule has 0 aliphatic heterocycles. The Hall–Kier alpha value is -1.60. The molecular formula is C14H6ClIO4. The van der Waals surface area contributed by atoms with Crippen molar-refractivity contribution in [1.82, 2.24) is 0 Å². The molecule has 1 aliphatic rings. The SMILES string of the molecule is O=C1c2ccccc2C(=O)c2c(Cl)c(I)c(O)c(O)c21. The molecule has 0 atom stereocenters. The number of carbonyl (C=O) groups excluding carboxylic acids is 2. The first-order valence-corrected chi connectivity index (χ1v) is 7.02. The van der Waals surface area contributed by atoms with Crippen molar-refractivity contribution in [3.63, 3.8) is 0 Å². The second-order valence-corrected chi connectivity index (χ2v) is 5.74. The number of phenols is 2. The molecule has 0 spiro atoms. The summed E-state index contributed by atoms with van der Waals surface area (Å²) in [6.07, 6.45) is 0. The lowest BCUT2D eigenvalue weighted by Gasteiger charge is -2.20. The zero-order valence-electron chi connectivity index (χ0n) is 9.78. The second-order valence-electron chi connectivity index (χ2n) is 4.28. The van der Waals surface area contributed by atoms with Gasteiger partial charge in [-0.15, -0.1) is 0 Å². The van der Waals surface area contributed by atoms with E-state index in [4.69, 9.17) is 11.6 Å². The first kappa shape index (κ1) is 13.4. The summed E-state index contributed by atoms with van der Waals surface area (Å²) in [6, 6.07) is 6.31. The summed E-state index contributed by atoms with van der Waals surface area (Å²) < 4.78 is 0.140. The van der Waals surface area contributed by atoms with E-state index in [0.717, 1.165) is 0 Å². The highest BCUT2D eigenvalue weighted by Gasteiger charge is 2.36. The number of phenolic OH excluding ortho intramolecular Hbond substituents is 2. The van der Waals surface area contributed by atoms with E-state index in [1.165, 1.54) is 12.1 Å². The van der Waals surface area contributed by atoms with Gasteiger partial charge in [0, 0.05) is 11.1 Å². The first-order chi connectivity index (χ1) is 9.45. The molecule has 2 N–H and O–H groups in total. The maximum Gasteiger partial charge on any atom is 0.198 e. The molecule has 0 bridgehead atoms. The van der Waals surface area contributed by atoms with E-state index in [1.807, 2.05) is 0 Å². The van der Waals surface area contributed by atoms with Crippen molar-refractivity contribution in [1.29, 1.82) is 0 Å². The van der Waals surface area contributed by atoms with Crippen molar-refractivity contribution in [3.8, 4) is 11.5 Å². The smallest absolute Gasteiger partial charge is 0.198 e. The molecule has 100 valence electrons. The Labute approximate surface area is 132 Å². The quantitative estimate of drug-likeness (QED) is 0.449. The predicted octanol–water partition coefficient (Wildman–Crippen LogP) is 3.13. The van der Waals surface area contributed by atoms with Gasteiger partial charge in [0.05, 0.1) is 19.7 Å². The van der Waals surface area contributed by atoms with Crippen molar-refractivity contribution in [2.24, 2.45) is 0 Å². The van der Waals surface area contributed by atoms with Gasteiger partial charge in [0.1, 0.15) is 0 Å². The summed E-state index contributed by atoms with van der Waals surface area (Å²) >= 11 is 7.78. The number of rotatable bonds is 0. The Morgan fingerprint density at radius 2 is 1.40 bits per heavy atom. The molecule has 1 aliphatic carbocycles. The van der Waals surface area contributed by atoms with E-state index in [1.54, 1.807) is 34.7 Å². The van der Waals surface area contributed by atoms with Gasteiger partial charge in [0.25, 0.3) is 0 Å². The Morgan fingerprint density at radius 3 is 1.95 bits per heavy atom. The molecule has 20 heavy (non-hydrogen) atoms. The number of hydrogen-bond acceptors (Lipinski definition) is 4. The zero-order valence-corrected chi connectivity index (χ0v) is 12.7. The van der Waals surface area contributed by atoms with Crippen LogP contribution in [-0.2, 0) is 0 Å². The lowest BCUT2D eigenvalue weighted by Crippen LogP contribution is -2.22. The fourth-order valence-electron chi connectivity index (χ4n) is 2.25. The van der Waals surface area contributed by atoms with Crippen LogP contribution in [0.3, 0.4) is 0 Å². The molecule has 0 fully saturated rings. The first-order valence-electron chi connectivity index (χ1n) is 5.56. The molecule has 0 aromatic heterocycles. The van der Waals surface area contributed by atoms with Crippen LogP contribution in [0.4, 0.5) is 0 Å². The lowest BCUT2D eigenvalue weighted by atomic mass is 9.83. The Bertz CT molecular complexity index is 732. The van der Waals surface area contributed by atoms with Crippen LogP contribution in [0.1, 0.15) is 31.8 Å². The third-order valence-electron chi connectivity index (χ3n) is 3.20. The highest BCUT2D eigenvalue weighted by molar-refractivity contribution is 14.1. The molecule has 0 radical (unpaired) electrons. The maximum atomic E-state index is 12.5. The van der Waals surface area contributed by atoms with Gasteiger partial charge >= 0.3 is 0 Å². The number of ketones is 2. The molecule has 2 aromatic carbocycles. The number of halogens is 2. The largest absolute Gasteiger partial charge is 0.504 e. The molecule has 0 saturated heterocycles. The minimum Gasteiger partial charge on any atom is -0.504 e. The van der Waals surface area contributed by atoms with Gasteiger partial charge in [-0.05, 0) is 22.6 Å². The standard InChI is InChI=1S/C14H6ClIO4/c15-9-7-8(13(19)14(20)10(9)16)12(18)6-4-2-1-3-5(6)11(7)17/h1-4,19-20H. The molecule has 4 nitrogen and oxygen atoms in total. The van der Waals surface area contributed by atoms with E-state index >= 15 is 0 Å². The highest BCUT2D eigenvalue weighted by atomic mass is 127. The van der Waals surface area contributed by atoms with Crippen molar-refractivity contribution < 1.29 is 19.8 Å². The number of hydrogen-bond donors (Lipinski definition) is 2. The van der Waals surface area contributed by atoms with Crippen LogP contribution in [0, 0.1) is 3.57 Å². The highest BCUT2D eigenvalue weighted by Crippen LogP contribution is 2.45. The van der Waals surface area contributed by atoms with Crippen LogP contribution < -0.4 is 0 Å². The maximum absolute atomic E-state index is 12.5. The normalized spacial score (nSPS) is 13.1. The molecule has 3 rings (SSSR count). The second kappa shape index (κ2) is 4.46. The summed E-state index contributed by atoms with van der Waals surface area (Å²) in [5.74, 6) is -2.06. The fraction of sp³-hybridized carbons (Fsp3) is 0. The average molecular weight is 401 g/mol. The van der Waals surface area contributed by atoms with E-state index in [2.05, 4.69) is 0 Å². The van der Waals surface area contributed by atoms with Crippen LogP contribution >= 0.6 is 34.2 Å². The van der Waals surface area contributed by atoms with Gasteiger partial charge in [-0.3, -0.25) is 9.59 Å². The molecule has 0 unspecified atom stereocenters. The van der Waals surface area contributed by atoms with Gasteiger partial charge in [0.15, 0.2) is 23.1 Å². The lowest BCUT2D eigenvalue weighted by molar-refractivity contribution is 0.0976. The van der Waals surface area contributed by atoms with Gasteiger partial charge in [-0.1, -0.05) is 35.9 Å². The van der Waals surface area contributed by atoms with Gasteiger partial charge in [-0.25, -0.2) is 0 Å². The summed E-state index contributed by atoms with van der Waals surface area (Å²) in [6.45, 7) is 0. The Kier molecular flexibility index (Phi) is 2.98. The zero-order chi connectivity index (χ0) is 14.6. The minimum absolute atomic E-state index is 0.0243. The number of benzene rings is 2. The Balaban J connectivity index is 2.46. The van der Waals surface area contributed by atoms with Crippen molar-refractivity contribution in [2.75, 3.05) is 0 Å². The summed E-state index contributed by atoms with van der Waals surface area (Å²) in [5, 5.41) is 19.7. The summed E-state index contributed by atoms with van der Waals surface area (Å²) in [5.41, 5.74) is 0.136. The third-order valence-corrected chi connectivity index (χ3v) is 4.95. The summed E-state index contributed by atoms with van der Waals surface area (Å²) in [7, 11) is 0. The number of fused-ring (bicyclic) bond motifs is 2. The molecule has 0 heterocycles. The van der Waals surface area contributed by atoms with E-state index < -0.39 is 23.1 Å². The summed E-state index contributed by atoms with van der Waals surface area (Å²) in [4.78, 5) is 24.9. The molecular weight excluding hydrogens is 395 g/mol. The minimum atomic E-state index is -0.610. The van der Waals surface area contributed by atoms with Crippen LogP contribution in [0.2, 0.25) is 5.02 Å². The van der Waals surface area contributed by atoms with Crippen LogP contribution in [0.15, 0.2) is 24.3 Å². The van der Waals surface area contributed by atoms with Crippen LogP contribution in [0.5, 0.6) is 11.5 Å². The monoisotopic (exact) mass is 400 g/mol. The van der Waals surface area contributed by atoms with Crippen LogP contribution in [-0.4, -0.2) is 21.8 Å². The van der Waals surface area contributed by atoms with Crippen molar-refractivity contribution >= 4 is 45.8 Å². The van der Waals surface area contributed by atoms with Crippen molar-refractivity contribution in [3.05, 3.63) is 55.1 Å². The number of aromatic hydroxyl groups is 2. The topological polar surface area (TPSA) is 74.6 Å². The number of carbonyl (C=O) groups is 2. The fourth-order valence-corrected chi connectivity index (χ4v) is 3.04. The molecule has 0 amide bonds. The van der Waals surface area contributed by atoms with E-state index in [9.17, 15) is 19.8 Å². The van der Waals surface area contributed by atoms with Gasteiger partial charge in [0.2, 0.25) is 0 Å². The van der Waals surface area contributed by atoms with Crippen molar-refractivity contribution in [2.45, 2.75) is 0 Å². The predicted molar refractivity (Wildman–Crippen MR) is 80.8 cm³/mol.